The molecule has 0 unspecified atom stereocenters. The van der Waals surface area contributed by atoms with Crippen LogP contribution in [0.1, 0.15) is 19.4 Å². The monoisotopic (exact) mass is 373 g/mol. The molecule has 0 saturated heterocycles. The van der Waals surface area contributed by atoms with E-state index in [0.717, 1.165) is 11.0 Å². The van der Waals surface area contributed by atoms with Gasteiger partial charge in [0.05, 0.1) is 6.54 Å². The SMILES string of the molecule is CC(C)NCCn1nnnc1SCc1ccc(Br)cc1F. The second kappa shape index (κ2) is 7.86. The van der Waals surface area contributed by atoms with Gasteiger partial charge in [-0.25, -0.2) is 9.07 Å². The van der Waals surface area contributed by atoms with Gasteiger partial charge in [0.15, 0.2) is 0 Å². The van der Waals surface area contributed by atoms with Crippen molar-refractivity contribution in [3.8, 4) is 0 Å². The molecule has 0 bridgehead atoms. The fourth-order valence-electron chi connectivity index (χ4n) is 1.68. The maximum absolute atomic E-state index is 13.8. The molecular formula is C13H17BrFN5S. The van der Waals surface area contributed by atoms with Crippen molar-refractivity contribution in [2.24, 2.45) is 0 Å². The summed E-state index contributed by atoms with van der Waals surface area (Å²) in [6.07, 6.45) is 0. The molecule has 1 N–H and O–H groups in total. The number of hydrogen-bond acceptors (Lipinski definition) is 5. The molecule has 8 heteroatoms. The van der Waals surface area contributed by atoms with Gasteiger partial charge < -0.3 is 5.32 Å². The average Bonchev–Trinajstić information content (AvgIpc) is 2.85. The smallest absolute Gasteiger partial charge is 0.209 e. The minimum atomic E-state index is -0.225. The van der Waals surface area contributed by atoms with Gasteiger partial charge in [0.1, 0.15) is 5.82 Å². The zero-order valence-electron chi connectivity index (χ0n) is 11.9. The summed E-state index contributed by atoms with van der Waals surface area (Å²) in [5.74, 6) is 0.272. The van der Waals surface area contributed by atoms with E-state index in [9.17, 15) is 4.39 Å². The topological polar surface area (TPSA) is 55.6 Å². The molecule has 1 aromatic heterocycles. The number of hydrogen-bond donors (Lipinski definition) is 1. The lowest BCUT2D eigenvalue weighted by atomic mass is 10.2. The van der Waals surface area contributed by atoms with E-state index in [-0.39, 0.29) is 5.82 Å². The van der Waals surface area contributed by atoms with Crippen LogP contribution >= 0.6 is 27.7 Å². The Labute approximate surface area is 135 Å². The van der Waals surface area contributed by atoms with E-state index in [1.165, 1.54) is 17.8 Å². The lowest BCUT2D eigenvalue weighted by molar-refractivity contribution is 0.485. The Morgan fingerprint density at radius 2 is 2.24 bits per heavy atom. The second-order valence-corrected chi connectivity index (χ2v) is 6.68. The number of nitrogens with zero attached hydrogens (tertiary/aromatic N) is 4. The fraction of sp³-hybridized carbons (Fsp3) is 0.462. The summed E-state index contributed by atoms with van der Waals surface area (Å²) in [5.41, 5.74) is 0.637. The number of aromatic nitrogens is 4. The third-order valence-corrected chi connectivity index (χ3v) is 4.25. The maximum atomic E-state index is 13.8. The van der Waals surface area contributed by atoms with E-state index < -0.39 is 0 Å². The first-order chi connectivity index (χ1) is 10.1. The number of tetrazole rings is 1. The molecule has 0 aliphatic rings. The number of thioether (sulfide) groups is 1. The maximum Gasteiger partial charge on any atom is 0.209 e. The van der Waals surface area contributed by atoms with Crippen molar-refractivity contribution >= 4 is 27.7 Å². The Bertz CT molecular complexity index is 590. The Kier molecular flexibility index (Phi) is 6.13. The van der Waals surface area contributed by atoms with Crippen LogP contribution < -0.4 is 5.32 Å². The molecule has 1 heterocycles. The Hall–Kier alpha value is -0.990. The molecule has 5 nitrogen and oxygen atoms in total. The highest BCUT2D eigenvalue weighted by Gasteiger charge is 2.09. The fourth-order valence-corrected chi connectivity index (χ4v) is 2.90. The van der Waals surface area contributed by atoms with Crippen LogP contribution in [0.4, 0.5) is 4.39 Å². The van der Waals surface area contributed by atoms with Gasteiger partial charge in [0, 0.05) is 22.8 Å². The van der Waals surface area contributed by atoms with Gasteiger partial charge in [0.2, 0.25) is 5.16 Å². The van der Waals surface area contributed by atoms with Gasteiger partial charge in [-0.3, -0.25) is 0 Å². The third kappa shape index (κ3) is 5.05. The lowest BCUT2D eigenvalue weighted by Crippen LogP contribution is -2.27. The van der Waals surface area contributed by atoms with E-state index in [2.05, 4.69) is 50.6 Å². The predicted octanol–water partition coefficient (Wildman–Crippen LogP) is 2.87. The first-order valence-electron chi connectivity index (χ1n) is 6.62. The molecule has 0 radical (unpaired) electrons. The van der Waals surface area contributed by atoms with E-state index in [0.29, 0.717) is 29.1 Å². The molecule has 0 saturated carbocycles. The number of halogens is 2. The van der Waals surface area contributed by atoms with E-state index in [1.807, 2.05) is 6.07 Å². The summed E-state index contributed by atoms with van der Waals surface area (Å²) in [6.45, 7) is 5.66. The van der Waals surface area contributed by atoms with Crippen LogP contribution in [0.2, 0.25) is 0 Å². The molecule has 1 aromatic carbocycles. The van der Waals surface area contributed by atoms with Crippen LogP contribution in [0.3, 0.4) is 0 Å². The van der Waals surface area contributed by atoms with Crippen LogP contribution in [0.25, 0.3) is 0 Å². The van der Waals surface area contributed by atoms with Crippen LogP contribution in [0.15, 0.2) is 27.8 Å². The highest BCUT2D eigenvalue weighted by atomic mass is 79.9. The van der Waals surface area contributed by atoms with E-state index in [1.54, 1.807) is 10.7 Å². The molecule has 21 heavy (non-hydrogen) atoms. The normalized spacial score (nSPS) is 11.3. The molecule has 2 rings (SSSR count). The molecule has 2 aromatic rings. The van der Waals surface area contributed by atoms with Crippen LogP contribution in [-0.2, 0) is 12.3 Å². The first kappa shape index (κ1) is 16.4. The van der Waals surface area contributed by atoms with Crippen molar-refractivity contribution < 1.29 is 4.39 Å². The highest BCUT2D eigenvalue weighted by Crippen LogP contribution is 2.23. The van der Waals surface area contributed by atoms with Gasteiger partial charge in [-0.05, 0) is 28.1 Å². The zero-order valence-corrected chi connectivity index (χ0v) is 14.3. The van der Waals surface area contributed by atoms with Crippen molar-refractivity contribution in [2.75, 3.05) is 6.54 Å². The van der Waals surface area contributed by atoms with Crippen molar-refractivity contribution in [1.82, 2.24) is 25.5 Å². The van der Waals surface area contributed by atoms with Crippen molar-refractivity contribution in [2.45, 2.75) is 37.3 Å². The lowest BCUT2D eigenvalue weighted by Gasteiger charge is -2.08. The minimum absolute atomic E-state index is 0.225. The molecule has 0 atom stereocenters. The van der Waals surface area contributed by atoms with Gasteiger partial charge in [-0.1, -0.05) is 47.6 Å². The zero-order chi connectivity index (χ0) is 15.2. The summed E-state index contributed by atoms with van der Waals surface area (Å²) in [7, 11) is 0. The van der Waals surface area contributed by atoms with Gasteiger partial charge in [-0.2, -0.15) is 0 Å². The molecular weight excluding hydrogens is 357 g/mol. The largest absolute Gasteiger partial charge is 0.313 e. The first-order valence-corrected chi connectivity index (χ1v) is 8.40. The Morgan fingerprint density at radius 1 is 1.43 bits per heavy atom. The molecule has 0 aliphatic carbocycles. The summed E-state index contributed by atoms with van der Waals surface area (Å²) in [4.78, 5) is 0. The average molecular weight is 374 g/mol. The van der Waals surface area contributed by atoms with E-state index in [4.69, 9.17) is 0 Å². The number of nitrogens with one attached hydrogen (secondary N) is 1. The van der Waals surface area contributed by atoms with Crippen molar-refractivity contribution in [3.05, 3.63) is 34.1 Å². The number of benzene rings is 1. The highest BCUT2D eigenvalue weighted by molar-refractivity contribution is 9.10. The van der Waals surface area contributed by atoms with E-state index >= 15 is 0 Å². The molecule has 0 amide bonds. The summed E-state index contributed by atoms with van der Waals surface area (Å²) >= 11 is 4.68. The van der Waals surface area contributed by atoms with Gasteiger partial charge in [0.25, 0.3) is 0 Å². The molecule has 0 fully saturated rings. The van der Waals surface area contributed by atoms with Crippen LogP contribution in [0.5, 0.6) is 0 Å². The Morgan fingerprint density at radius 3 is 2.95 bits per heavy atom. The van der Waals surface area contributed by atoms with Gasteiger partial charge in [-0.15, -0.1) is 5.10 Å². The second-order valence-electron chi connectivity index (χ2n) is 4.82. The molecule has 114 valence electrons. The van der Waals surface area contributed by atoms with Crippen molar-refractivity contribution in [3.63, 3.8) is 0 Å². The van der Waals surface area contributed by atoms with Crippen molar-refractivity contribution in [1.29, 1.82) is 0 Å². The molecule has 0 spiro atoms. The molecule has 0 aliphatic heterocycles. The summed E-state index contributed by atoms with van der Waals surface area (Å²) in [5, 5.41) is 15.6. The van der Waals surface area contributed by atoms with Crippen LogP contribution in [-0.4, -0.2) is 32.8 Å². The minimum Gasteiger partial charge on any atom is -0.313 e. The quantitative estimate of drug-likeness (QED) is 0.756. The third-order valence-electron chi connectivity index (χ3n) is 2.75. The van der Waals surface area contributed by atoms with Gasteiger partial charge >= 0.3 is 0 Å². The Balaban J connectivity index is 1.92. The number of rotatable bonds is 7. The predicted molar refractivity (Wildman–Crippen MR) is 84.6 cm³/mol. The van der Waals surface area contributed by atoms with Crippen LogP contribution in [0, 0.1) is 5.82 Å². The standard InChI is InChI=1S/C13H17BrFN5S/c1-9(2)16-5-6-20-13(17-18-19-20)21-8-10-3-4-11(14)7-12(10)15/h3-4,7,9,16H,5-6,8H2,1-2H3. The summed E-state index contributed by atoms with van der Waals surface area (Å²) < 4.78 is 16.2. The summed E-state index contributed by atoms with van der Waals surface area (Å²) in [6, 6.07) is 5.48.